The number of nitrogens with zero attached hydrogens (tertiary/aromatic N) is 2. The largest absolute Gasteiger partial charge is 0.494 e. The van der Waals surface area contributed by atoms with Crippen LogP contribution >= 0.6 is 12.2 Å². The molecule has 1 heterocycles. The molecule has 0 bridgehead atoms. The average molecular weight is 492 g/mol. The van der Waals surface area contributed by atoms with Crippen LogP contribution in [0.5, 0.6) is 5.75 Å². The van der Waals surface area contributed by atoms with E-state index < -0.39 is 6.04 Å². The van der Waals surface area contributed by atoms with Gasteiger partial charge in [0.05, 0.1) is 18.7 Å². The van der Waals surface area contributed by atoms with Crippen molar-refractivity contribution < 1.29 is 18.7 Å². The minimum absolute atomic E-state index is 0.0905. The topological polar surface area (TPSA) is 61.9 Å². The van der Waals surface area contributed by atoms with Gasteiger partial charge in [-0.25, -0.2) is 4.39 Å². The highest BCUT2D eigenvalue weighted by Gasteiger charge is 2.43. The molecule has 0 aliphatic carbocycles. The summed E-state index contributed by atoms with van der Waals surface area (Å²) in [5, 5.41) is 3.14. The second-order valence-corrected chi connectivity index (χ2v) is 8.42. The fourth-order valence-corrected chi connectivity index (χ4v) is 4.45. The van der Waals surface area contributed by atoms with Gasteiger partial charge in [-0.1, -0.05) is 36.4 Å². The summed E-state index contributed by atoms with van der Waals surface area (Å²) in [6, 6.07) is 21.8. The molecule has 0 saturated carbocycles. The van der Waals surface area contributed by atoms with Gasteiger partial charge in [0.2, 0.25) is 5.91 Å². The summed E-state index contributed by atoms with van der Waals surface area (Å²) >= 11 is 5.66. The molecule has 35 heavy (non-hydrogen) atoms. The molecule has 3 aromatic carbocycles. The van der Waals surface area contributed by atoms with Crippen molar-refractivity contribution in [2.24, 2.45) is 0 Å². The predicted molar refractivity (Wildman–Crippen MR) is 138 cm³/mol. The first-order valence-electron chi connectivity index (χ1n) is 11.4. The van der Waals surface area contributed by atoms with Crippen LogP contribution < -0.4 is 15.0 Å². The van der Waals surface area contributed by atoms with E-state index in [4.69, 9.17) is 17.0 Å². The average Bonchev–Trinajstić information content (AvgIpc) is 3.09. The third-order valence-electron chi connectivity index (χ3n) is 5.74. The quantitative estimate of drug-likeness (QED) is 0.436. The summed E-state index contributed by atoms with van der Waals surface area (Å²) in [5.41, 5.74) is 1.76. The Hall–Kier alpha value is -3.78. The molecule has 2 amide bonds. The summed E-state index contributed by atoms with van der Waals surface area (Å²) < 4.78 is 19.6. The monoisotopic (exact) mass is 491 g/mol. The Morgan fingerprint density at radius 1 is 1.03 bits per heavy atom. The lowest BCUT2D eigenvalue weighted by molar-refractivity contribution is -0.124. The van der Waals surface area contributed by atoms with Crippen molar-refractivity contribution >= 4 is 40.5 Å². The first-order valence-corrected chi connectivity index (χ1v) is 11.8. The van der Waals surface area contributed by atoms with Crippen LogP contribution in [0.15, 0.2) is 78.9 Å². The molecule has 1 atom stereocenters. The zero-order valence-electron chi connectivity index (χ0n) is 19.3. The maximum Gasteiger partial charge on any atom is 0.256 e. The SMILES string of the molecule is CCOc1ccc(NC(=O)C[C@H]2C(=O)N(c3ccccc3)C(=S)N2CCc2ccccc2F)cc1. The summed E-state index contributed by atoms with van der Waals surface area (Å²) in [4.78, 5) is 29.5. The normalized spacial score (nSPS) is 15.4. The standard InChI is InChI=1S/C27H26FN3O3S/c1-2-34-22-14-12-20(13-15-22)29-25(32)18-24-26(33)31(21-9-4-3-5-10-21)27(35)30(24)17-16-19-8-6-7-11-23(19)28/h3-15,24H,2,16-18H2,1H3,(H,29,32)/t24-/m0/s1. The number of carbonyl (C=O) groups is 2. The first kappa shape index (κ1) is 24.3. The number of benzene rings is 3. The number of para-hydroxylation sites is 1. The fourth-order valence-electron chi connectivity index (χ4n) is 4.03. The summed E-state index contributed by atoms with van der Waals surface area (Å²) in [6.45, 7) is 2.75. The molecule has 0 unspecified atom stereocenters. The third kappa shape index (κ3) is 5.66. The molecule has 1 fully saturated rings. The molecule has 1 saturated heterocycles. The molecule has 180 valence electrons. The number of hydrogen-bond donors (Lipinski definition) is 1. The van der Waals surface area contributed by atoms with Gasteiger partial charge in [-0.2, -0.15) is 0 Å². The second-order valence-electron chi connectivity index (χ2n) is 8.05. The zero-order chi connectivity index (χ0) is 24.8. The fraction of sp³-hybridized carbons (Fsp3) is 0.222. The van der Waals surface area contributed by atoms with Crippen molar-refractivity contribution in [2.45, 2.75) is 25.8 Å². The van der Waals surface area contributed by atoms with Gasteiger partial charge < -0.3 is 15.0 Å². The molecular weight excluding hydrogens is 465 g/mol. The molecule has 0 radical (unpaired) electrons. The molecule has 3 aromatic rings. The van der Waals surface area contributed by atoms with Crippen molar-refractivity contribution in [3.05, 3.63) is 90.2 Å². The molecule has 0 spiro atoms. The molecule has 0 aromatic heterocycles. The number of carbonyl (C=O) groups excluding carboxylic acids is 2. The van der Waals surface area contributed by atoms with Crippen LogP contribution in [0.25, 0.3) is 0 Å². The van der Waals surface area contributed by atoms with Gasteiger partial charge in [0.1, 0.15) is 17.6 Å². The predicted octanol–water partition coefficient (Wildman–Crippen LogP) is 4.80. The van der Waals surface area contributed by atoms with Gasteiger partial charge in [0.15, 0.2) is 5.11 Å². The number of hydrogen-bond acceptors (Lipinski definition) is 4. The van der Waals surface area contributed by atoms with Crippen molar-refractivity contribution in [3.8, 4) is 5.75 Å². The molecule has 6 nitrogen and oxygen atoms in total. The number of halogens is 1. The van der Waals surface area contributed by atoms with E-state index >= 15 is 0 Å². The highest BCUT2D eigenvalue weighted by molar-refractivity contribution is 7.80. The molecule has 1 aliphatic heterocycles. The van der Waals surface area contributed by atoms with E-state index in [1.807, 2.05) is 25.1 Å². The maximum absolute atomic E-state index is 14.2. The lowest BCUT2D eigenvalue weighted by Crippen LogP contribution is -2.39. The molecule has 4 rings (SSSR count). The minimum atomic E-state index is -0.794. The van der Waals surface area contributed by atoms with Crippen LogP contribution in [-0.4, -0.2) is 41.0 Å². The molecule has 1 aliphatic rings. The molecular formula is C27H26FN3O3S. The van der Waals surface area contributed by atoms with Crippen LogP contribution in [0, 0.1) is 5.82 Å². The van der Waals surface area contributed by atoms with E-state index in [9.17, 15) is 14.0 Å². The zero-order valence-corrected chi connectivity index (χ0v) is 20.1. The van der Waals surface area contributed by atoms with E-state index in [0.29, 0.717) is 47.4 Å². The van der Waals surface area contributed by atoms with Gasteiger partial charge in [-0.05, 0) is 73.6 Å². The summed E-state index contributed by atoms with van der Waals surface area (Å²) in [6.07, 6.45) is 0.256. The number of rotatable bonds is 9. The van der Waals surface area contributed by atoms with Crippen LogP contribution in [0.3, 0.4) is 0 Å². The van der Waals surface area contributed by atoms with Crippen LogP contribution in [0.4, 0.5) is 15.8 Å². The number of amides is 2. The number of ether oxygens (including phenoxy) is 1. The summed E-state index contributed by atoms with van der Waals surface area (Å²) in [7, 11) is 0. The highest BCUT2D eigenvalue weighted by atomic mass is 32.1. The smallest absolute Gasteiger partial charge is 0.256 e. The first-order chi connectivity index (χ1) is 17.0. The van der Waals surface area contributed by atoms with Gasteiger partial charge in [-0.3, -0.25) is 14.5 Å². The Kier molecular flexibility index (Phi) is 7.72. The van der Waals surface area contributed by atoms with Crippen LogP contribution in [-0.2, 0) is 16.0 Å². The van der Waals surface area contributed by atoms with Crippen molar-refractivity contribution in [2.75, 3.05) is 23.4 Å². The Bertz CT molecular complexity index is 1200. The lowest BCUT2D eigenvalue weighted by Gasteiger charge is -2.24. The van der Waals surface area contributed by atoms with Crippen LogP contribution in [0.1, 0.15) is 18.9 Å². The molecule has 8 heteroatoms. The van der Waals surface area contributed by atoms with E-state index in [2.05, 4.69) is 5.32 Å². The number of thiocarbonyl (C=S) groups is 1. The minimum Gasteiger partial charge on any atom is -0.494 e. The van der Waals surface area contributed by atoms with Crippen molar-refractivity contribution in [1.82, 2.24) is 4.90 Å². The third-order valence-corrected chi connectivity index (χ3v) is 6.16. The van der Waals surface area contributed by atoms with E-state index in [-0.39, 0.29) is 24.1 Å². The van der Waals surface area contributed by atoms with Crippen LogP contribution in [0.2, 0.25) is 0 Å². The Morgan fingerprint density at radius 3 is 2.40 bits per heavy atom. The number of anilines is 2. The molecule has 1 N–H and O–H groups in total. The van der Waals surface area contributed by atoms with E-state index in [1.54, 1.807) is 59.5 Å². The Morgan fingerprint density at radius 2 is 1.71 bits per heavy atom. The van der Waals surface area contributed by atoms with Gasteiger partial charge in [0.25, 0.3) is 5.91 Å². The lowest BCUT2D eigenvalue weighted by atomic mass is 10.1. The Labute approximate surface area is 209 Å². The van der Waals surface area contributed by atoms with E-state index in [1.165, 1.54) is 11.0 Å². The Balaban J connectivity index is 1.52. The highest BCUT2D eigenvalue weighted by Crippen LogP contribution is 2.28. The number of nitrogens with one attached hydrogen (secondary N) is 1. The van der Waals surface area contributed by atoms with Gasteiger partial charge >= 0.3 is 0 Å². The van der Waals surface area contributed by atoms with Gasteiger partial charge in [0, 0.05) is 12.2 Å². The van der Waals surface area contributed by atoms with Gasteiger partial charge in [-0.15, -0.1) is 0 Å². The van der Waals surface area contributed by atoms with Crippen molar-refractivity contribution in [1.29, 1.82) is 0 Å². The summed E-state index contributed by atoms with van der Waals surface area (Å²) in [5.74, 6) is -0.203. The van der Waals surface area contributed by atoms with E-state index in [0.717, 1.165) is 0 Å². The second kappa shape index (κ2) is 11.1. The maximum atomic E-state index is 14.2. The van der Waals surface area contributed by atoms with Crippen molar-refractivity contribution in [3.63, 3.8) is 0 Å².